The minimum absolute atomic E-state index is 0.0982. The molecule has 8 heteroatoms. The van der Waals surface area contributed by atoms with Crippen molar-refractivity contribution in [2.45, 2.75) is 31.7 Å². The minimum atomic E-state index is -4.78. The number of hydrogen-bond acceptors (Lipinski definition) is 5. The summed E-state index contributed by atoms with van der Waals surface area (Å²) in [5.41, 5.74) is 1.99. The van der Waals surface area contributed by atoms with E-state index in [1.54, 1.807) is 6.92 Å². The summed E-state index contributed by atoms with van der Waals surface area (Å²) in [7, 11) is 0. The van der Waals surface area contributed by atoms with Crippen molar-refractivity contribution >= 4 is 5.95 Å². The molecule has 0 amide bonds. The van der Waals surface area contributed by atoms with Crippen molar-refractivity contribution in [3.63, 3.8) is 0 Å². The van der Waals surface area contributed by atoms with Gasteiger partial charge in [-0.3, -0.25) is 0 Å². The number of halogens is 3. The van der Waals surface area contributed by atoms with Gasteiger partial charge in [-0.25, -0.2) is 9.97 Å². The summed E-state index contributed by atoms with van der Waals surface area (Å²) < 4.78 is 37.6. The molecule has 4 N–H and O–H groups in total. The molecule has 2 atom stereocenters. The second-order valence-corrected chi connectivity index (χ2v) is 4.15. The number of alkyl halides is 3. The fraction of sp³-hybridized carbons (Fsp3) is 0.600. The van der Waals surface area contributed by atoms with Crippen LogP contribution >= 0.6 is 0 Å². The fourth-order valence-electron chi connectivity index (χ4n) is 1.10. The van der Waals surface area contributed by atoms with Crippen molar-refractivity contribution in [3.8, 4) is 0 Å². The van der Waals surface area contributed by atoms with Crippen molar-refractivity contribution in [1.29, 1.82) is 0 Å². The van der Waals surface area contributed by atoms with Crippen LogP contribution in [0.2, 0.25) is 0 Å². The molecule has 1 aromatic heterocycles. The van der Waals surface area contributed by atoms with Crippen LogP contribution in [0.5, 0.6) is 0 Å². The second-order valence-electron chi connectivity index (χ2n) is 4.15. The first-order chi connectivity index (χ1) is 8.18. The first kappa shape index (κ1) is 14.7. The lowest BCUT2D eigenvalue weighted by Crippen LogP contribution is -2.39. The number of nitrogens with zero attached hydrogens (tertiary/aromatic N) is 2. The molecule has 0 radical (unpaired) electrons. The van der Waals surface area contributed by atoms with Gasteiger partial charge in [0.05, 0.1) is 0 Å². The summed E-state index contributed by atoms with van der Waals surface area (Å²) >= 11 is 0. The quantitative estimate of drug-likeness (QED) is 0.755. The molecule has 0 spiro atoms. The molecule has 0 bridgehead atoms. The van der Waals surface area contributed by atoms with Gasteiger partial charge in [-0.2, -0.15) is 13.2 Å². The molecule has 0 aliphatic heterocycles. The number of rotatable bonds is 4. The third-order valence-corrected chi connectivity index (χ3v) is 2.49. The SMILES string of the molecule is CC(CN)Nc1ncc(C(C)(O)C(F)(F)F)cn1. The van der Waals surface area contributed by atoms with E-state index in [9.17, 15) is 18.3 Å². The average Bonchev–Trinajstić information content (AvgIpc) is 2.28. The first-order valence-electron chi connectivity index (χ1n) is 5.26. The van der Waals surface area contributed by atoms with E-state index in [-0.39, 0.29) is 12.0 Å². The van der Waals surface area contributed by atoms with Gasteiger partial charge >= 0.3 is 6.18 Å². The molecule has 0 saturated heterocycles. The third kappa shape index (κ3) is 3.08. The molecular formula is C10H15F3N4O. The molecule has 0 aliphatic rings. The Morgan fingerprint density at radius 3 is 2.28 bits per heavy atom. The Morgan fingerprint density at radius 1 is 1.39 bits per heavy atom. The summed E-state index contributed by atoms with van der Waals surface area (Å²) in [5, 5.41) is 12.2. The van der Waals surface area contributed by atoms with Crippen LogP contribution in [0.25, 0.3) is 0 Å². The van der Waals surface area contributed by atoms with E-state index in [0.717, 1.165) is 12.4 Å². The van der Waals surface area contributed by atoms with Crippen molar-refractivity contribution in [1.82, 2.24) is 9.97 Å². The Kier molecular flexibility index (Phi) is 4.12. The Labute approximate surface area is 102 Å². The number of nitrogens with two attached hydrogens (primary N) is 1. The predicted octanol–water partition coefficient (Wildman–Crippen LogP) is 1.01. The lowest BCUT2D eigenvalue weighted by molar-refractivity contribution is -0.259. The van der Waals surface area contributed by atoms with Gasteiger partial charge in [0.2, 0.25) is 5.95 Å². The highest BCUT2D eigenvalue weighted by atomic mass is 19.4. The van der Waals surface area contributed by atoms with E-state index in [1.165, 1.54) is 0 Å². The average molecular weight is 264 g/mol. The van der Waals surface area contributed by atoms with Crippen molar-refractivity contribution in [3.05, 3.63) is 18.0 Å². The van der Waals surface area contributed by atoms with E-state index in [2.05, 4.69) is 15.3 Å². The fourth-order valence-corrected chi connectivity index (χ4v) is 1.10. The highest BCUT2D eigenvalue weighted by molar-refractivity contribution is 5.28. The predicted molar refractivity (Wildman–Crippen MR) is 59.8 cm³/mol. The van der Waals surface area contributed by atoms with Crippen molar-refractivity contribution in [2.75, 3.05) is 11.9 Å². The number of anilines is 1. The lowest BCUT2D eigenvalue weighted by Gasteiger charge is -2.26. The van der Waals surface area contributed by atoms with E-state index >= 15 is 0 Å². The Hall–Kier alpha value is -1.41. The standard InChI is InChI=1S/C10H15F3N4O/c1-6(3-14)17-8-15-4-7(5-16-8)9(2,18)10(11,12)13/h4-6,18H,3,14H2,1-2H3,(H,15,16,17). The molecule has 18 heavy (non-hydrogen) atoms. The second kappa shape index (κ2) is 5.07. The summed E-state index contributed by atoms with van der Waals surface area (Å²) in [6.45, 7) is 2.77. The molecule has 5 nitrogen and oxygen atoms in total. The van der Waals surface area contributed by atoms with Gasteiger partial charge in [-0.05, 0) is 13.8 Å². The maximum Gasteiger partial charge on any atom is 0.421 e. The first-order valence-corrected chi connectivity index (χ1v) is 5.26. The molecule has 2 unspecified atom stereocenters. The van der Waals surface area contributed by atoms with Crippen LogP contribution < -0.4 is 11.1 Å². The highest BCUT2D eigenvalue weighted by Crippen LogP contribution is 2.37. The van der Waals surface area contributed by atoms with Crippen molar-refractivity contribution in [2.24, 2.45) is 5.73 Å². The zero-order chi connectivity index (χ0) is 14.0. The number of aromatic nitrogens is 2. The maximum absolute atomic E-state index is 12.5. The zero-order valence-corrected chi connectivity index (χ0v) is 9.99. The smallest absolute Gasteiger partial charge is 0.376 e. The molecule has 0 aromatic carbocycles. The van der Waals surface area contributed by atoms with Crippen LogP contribution in [-0.4, -0.2) is 33.8 Å². The van der Waals surface area contributed by atoms with Gasteiger partial charge in [0.1, 0.15) is 0 Å². The van der Waals surface area contributed by atoms with Crippen molar-refractivity contribution < 1.29 is 18.3 Å². The van der Waals surface area contributed by atoms with Crippen LogP contribution in [0.4, 0.5) is 19.1 Å². The number of aliphatic hydroxyl groups is 1. The highest BCUT2D eigenvalue weighted by Gasteiger charge is 2.51. The van der Waals surface area contributed by atoms with Gasteiger partial charge in [-0.15, -0.1) is 0 Å². The van der Waals surface area contributed by atoms with Crippen LogP contribution in [0, 0.1) is 0 Å². The summed E-state index contributed by atoms with van der Waals surface area (Å²) in [6.07, 6.45) is -2.91. The molecule has 1 aromatic rings. The van der Waals surface area contributed by atoms with E-state index < -0.39 is 17.3 Å². The van der Waals surface area contributed by atoms with Crippen LogP contribution in [0.3, 0.4) is 0 Å². The molecule has 0 saturated carbocycles. The molecular weight excluding hydrogens is 249 g/mol. The Bertz CT molecular complexity index is 391. The van der Waals surface area contributed by atoms with Crippen LogP contribution in [0.1, 0.15) is 19.4 Å². The summed E-state index contributed by atoms with van der Waals surface area (Å²) in [4.78, 5) is 7.42. The van der Waals surface area contributed by atoms with Crippen LogP contribution in [-0.2, 0) is 5.60 Å². The number of nitrogens with one attached hydrogen (secondary N) is 1. The maximum atomic E-state index is 12.5. The van der Waals surface area contributed by atoms with Gasteiger partial charge < -0.3 is 16.2 Å². The van der Waals surface area contributed by atoms with E-state index in [0.29, 0.717) is 13.5 Å². The molecule has 1 heterocycles. The third-order valence-electron chi connectivity index (χ3n) is 2.49. The molecule has 0 fully saturated rings. The largest absolute Gasteiger partial charge is 0.421 e. The topological polar surface area (TPSA) is 84.1 Å². The minimum Gasteiger partial charge on any atom is -0.376 e. The Morgan fingerprint density at radius 2 is 1.89 bits per heavy atom. The van der Waals surface area contributed by atoms with Gasteiger partial charge in [-0.1, -0.05) is 0 Å². The van der Waals surface area contributed by atoms with Gasteiger partial charge in [0.15, 0.2) is 5.60 Å². The van der Waals surface area contributed by atoms with Gasteiger partial charge in [0.25, 0.3) is 0 Å². The normalized spacial score (nSPS) is 17.1. The summed E-state index contributed by atoms with van der Waals surface area (Å²) in [6, 6.07) is -0.0982. The monoisotopic (exact) mass is 264 g/mol. The molecule has 102 valence electrons. The van der Waals surface area contributed by atoms with E-state index in [4.69, 9.17) is 5.73 Å². The van der Waals surface area contributed by atoms with E-state index in [1.807, 2.05) is 0 Å². The van der Waals surface area contributed by atoms with Crippen LogP contribution in [0.15, 0.2) is 12.4 Å². The molecule has 0 aliphatic carbocycles. The van der Waals surface area contributed by atoms with Gasteiger partial charge in [0, 0.05) is 30.5 Å². The lowest BCUT2D eigenvalue weighted by atomic mass is 9.99. The molecule has 1 rings (SSSR count). The summed E-state index contributed by atoms with van der Waals surface area (Å²) in [5.74, 6) is 0.162. The Balaban J connectivity index is 2.89. The number of hydrogen-bond donors (Lipinski definition) is 3. The zero-order valence-electron chi connectivity index (χ0n) is 9.99.